The maximum atomic E-state index is 7.44. The Morgan fingerprint density at radius 2 is 1.54 bits per heavy atom. The van der Waals surface area contributed by atoms with Gasteiger partial charge < -0.3 is 12.5 Å². The topological polar surface area (TPSA) is 20.2 Å². The summed E-state index contributed by atoms with van der Waals surface area (Å²) in [6, 6.07) is 20.3. The molecule has 3 aromatic rings. The second-order valence-electron chi connectivity index (χ2n) is 7.11. The van der Waals surface area contributed by atoms with Crippen LogP contribution >= 0.6 is 24.8 Å². The second-order valence-corrected chi connectivity index (χ2v) is 7.11. The molecule has 28 heavy (non-hydrogen) atoms. The number of aliphatic hydroxyl groups is 1. The molecule has 3 aromatic carbocycles. The Morgan fingerprint density at radius 1 is 1.00 bits per heavy atom. The van der Waals surface area contributed by atoms with Gasteiger partial charge in [0.1, 0.15) is 0 Å². The minimum absolute atomic E-state index is 0. The third-order valence-corrected chi connectivity index (χ3v) is 4.28. The van der Waals surface area contributed by atoms with Crippen LogP contribution in [0.2, 0.25) is 0 Å². The molecule has 1 nitrogen and oxygen atoms in total. The second kappa shape index (κ2) is 14.4. The molecule has 3 rings (SSSR count). The van der Waals surface area contributed by atoms with Crippen LogP contribution in [0.4, 0.5) is 0 Å². The molecule has 0 unspecified atom stereocenters. The van der Waals surface area contributed by atoms with Gasteiger partial charge in [0.2, 0.25) is 0 Å². The van der Waals surface area contributed by atoms with Crippen LogP contribution < -0.4 is 0 Å². The molecule has 156 valence electrons. The number of aliphatic hydroxyl groups excluding tert-OH is 1. The Kier molecular flexibility index (Phi) is 16.6. The van der Waals surface area contributed by atoms with E-state index in [1.165, 1.54) is 33.0 Å². The normalized spacial score (nSPS) is 9.64. The van der Waals surface area contributed by atoms with Gasteiger partial charge in [-0.15, -0.1) is 59.3 Å². The molecule has 0 radical (unpaired) electrons. The van der Waals surface area contributed by atoms with Gasteiger partial charge in [0.15, 0.2) is 0 Å². The van der Waals surface area contributed by atoms with E-state index >= 15 is 0 Å². The molecule has 0 spiro atoms. The number of hydrogen-bond donors (Lipinski definition) is 1. The van der Waals surface area contributed by atoms with Gasteiger partial charge in [-0.25, -0.2) is 6.61 Å². The van der Waals surface area contributed by atoms with E-state index in [0.717, 1.165) is 13.0 Å². The summed E-state index contributed by atoms with van der Waals surface area (Å²) in [7, 11) is 0. The molecule has 0 aromatic heterocycles. The van der Waals surface area contributed by atoms with E-state index in [2.05, 4.69) is 82.3 Å². The standard InChI is InChI=1S/C21H23.C2H5O.CH3.2ClH.Hf/c1-5-15-13-17-7-6-8-19(20(17)14-15)16-9-11-18(12-10-16)21(2,3)4;1-2-3;;;;/h6-14H,5H2,1-4H3;2-3H,1H3;1H3;2*1H;/q3*-1;;;. The summed E-state index contributed by atoms with van der Waals surface area (Å²) in [6.07, 6.45) is 1.09. The number of hydrogen-bond acceptors (Lipinski definition) is 1. The minimum Gasteiger partial charge on any atom is -0.566 e. The number of halogens is 2. The van der Waals surface area contributed by atoms with Crippen LogP contribution in [0.5, 0.6) is 0 Å². The summed E-state index contributed by atoms with van der Waals surface area (Å²) >= 11 is 0. The average Bonchev–Trinajstić information content (AvgIpc) is 2.98. The van der Waals surface area contributed by atoms with Crippen LogP contribution in [-0.4, -0.2) is 5.11 Å². The van der Waals surface area contributed by atoms with Crippen molar-refractivity contribution in [2.75, 3.05) is 0 Å². The Balaban J connectivity index is -0.000000841. The fraction of sp³-hybridized carbons (Fsp3) is 0.292. The van der Waals surface area contributed by atoms with Crippen molar-refractivity contribution in [2.45, 2.75) is 46.5 Å². The largest absolute Gasteiger partial charge is 0.566 e. The summed E-state index contributed by atoms with van der Waals surface area (Å²) in [4.78, 5) is 0. The molecular weight excluding hydrogens is 554 g/mol. The molecule has 0 amide bonds. The van der Waals surface area contributed by atoms with E-state index in [1.807, 2.05) is 0 Å². The van der Waals surface area contributed by atoms with Crippen molar-refractivity contribution in [3.63, 3.8) is 0 Å². The quantitative estimate of drug-likeness (QED) is 0.239. The first kappa shape index (κ1) is 32.1. The first-order chi connectivity index (χ1) is 11.4. The molecule has 0 saturated carbocycles. The van der Waals surface area contributed by atoms with E-state index in [9.17, 15) is 0 Å². The first-order valence-electron chi connectivity index (χ1n) is 8.62. The number of rotatable bonds is 2. The molecule has 4 heteroatoms. The van der Waals surface area contributed by atoms with Crippen LogP contribution in [0.1, 0.15) is 45.7 Å². The van der Waals surface area contributed by atoms with Crippen LogP contribution in [0.25, 0.3) is 21.9 Å². The van der Waals surface area contributed by atoms with Crippen LogP contribution in [0.3, 0.4) is 0 Å². The fourth-order valence-electron chi connectivity index (χ4n) is 2.90. The summed E-state index contributed by atoms with van der Waals surface area (Å²) in [5.41, 5.74) is 5.66. The van der Waals surface area contributed by atoms with Crippen molar-refractivity contribution in [3.05, 3.63) is 79.8 Å². The average molecular weight is 587 g/mol. The van der Waals surface area contributed by atoms with E-state index in [1.54, 1.807) is 6.92 Å². The Bertz CT molecular complexity index is 786. The van der Waals surface area contributed by atoms with Crippen molar-refractivity contribution in [1.29, 1.82) is 0 Å². The van der Waals surface area contributed by atoms with Gasteiger partial charge in [-0.05, 0) is 23.0 Å². The minimum atomic E-state index is 0. The number of fused-ring (bicyclic) bond motifs is 1. The van der Waals surface area contributed by atoms with Crippen LogP contribution in [-0.2, 0) is 37.7 Å². The van der Waals surface area contributed by atoms with Gasteiger partial charge in [0.05, 0.1) is 0 Å². The molecule has 0 bridgehead atoms. The summed E-state index contributed by atoms with van der Waals surface area (Å²) < 4.78 is 0. The van der Waals surface area contributed by atoms with Crippen molar-refractivity contribution >= 4 is 35.6 Å². The zero-order valence-corrected chi connectivity index (χ0v) is 23.0. The van der Waals surface area contributed by atoms with E-state index in [0.29, 0.717) is 0 Å². The van der Waals surface area contributed by atoms with Crippen LogP contribution in [0, 0.1) is 14.0 Å². The van der Waals surface area contributed by atoms with Gasteiger partial charge in [-0.3, -0.25) is 0 Å². The van der Waals surface area contributed by atoms with E-state index in [4.69, 9.17) is 5.11 Å². The molecule has 1 N–H and O–H groups in total. The smallest absolute Gasteiger partial charge is 0 e. The summed E-state index contributed by atoms with van der Waals surface area (Å²) in [5.74, 6) is 0. The van der Waals surface area contributed by atoms with Gasteiger partial charge >= 0.3 is 0 Å². The molecule has 0 atom stereocenters. The maximum Gasteiger partial charge on any atom is 0 e. The van der Waals surface area contributed by atoms with Gasteiger partial charge in [0, 0.05) is 25.8 Å². The van der Waals surface area contributed by atoms with Crippen molar-refractivity contribution in [2.24, 2.45) is 0 Å². The van der Waals surface area contributed by atoms with Crippen LogP contribution in [0.15, 0.2) is 54.6 Å². The van der Waals surface area contributed by atoms with Gasteiger partial charge in [-0.2, -0.15) is 13.0 Å². The Labute approximate surface area is 202 Å². The molecule has 0 saturated heterocycles. The monoisotopic (exact) mass is 587 g/mol. The predicted octanol–water partition coefficient (Wildman–Crippen LogP) is 7.92. The molecular formula is C24H33Cl2HfO-3. The molecule has 0 aliphatic carbocycles. The van der Waals surface area contributed by atoms with E-state index < -0.39 is 0 Å². The predicted molar refractivity (Wildman–Crippen MR) is 126 cm³/mol. The Morgan fingerprint density at radius 3 is 2.00 bits per heavy atom. The maximum absolute atomic E-state index is 7.44. The third kappa shape index (κ3) is 8.06. The van der Waals surface area contributed by atoms with Gasteiger partial charge in [-0.1, -0.05) is 63.6 Å². The number of aryl methyl sites for hydroxylation is 1. The van der Waals surface area contributed by atoms with Crippen molar-refractivity contribution < 1.29 is 30.9 Å². The zero-order chi connectivity index (χ0) is 17.7. The molecule has 0 fully saturated rings. The summed E-state index contributed by atoms with van der Waals surface area (Å²) in [5, 5.41) is 10.2. The molecule has 0 heterocycles. The van der Waals surface area contributed by atoms with Crippen molar-refractivity contribution in [3.8, 4) is 11.1 Å². The van der Waals surface area contributed by atoms with Gasteiger partial charge in [0.25, 0.3) is 0 Å². The SMILES string of the molecule is CCc1cc2c(-c3ccc(C(C)(C)C)cc3)cccc2[cH-]1.C[CH-]O.Cl.Cl.[CH3-].[Hf]. The fourth-order valence-corrected chi connectivity index (χ4v) is 2.90. The van der Waals surface area contributed by atoms with E-state index in [-0.39, 0.29) is 63.5 Å². The zero-order valence-electron chi connectivity index (χ0n) is 17.7. The van der Waals surface area contributed by atoms with Crippen molar-refractivity contribution in [1.82, 2.24) is 0 Å². The summed E-state index contributed by atoms with van der Waals surface area (Å²) in [6.45, 7) is 11.5. The first-order valence-corrected chi connectivity index (χ1v) is 8.62. The Hall–Kier alpha value is -0.540. The molecule has 0 aliphatic rings. The molecule has 0 aliphatic heterocycles. The third-order valence-electron chi connectivity index (χ3n) is 4.28. The number of benzene rings is 2.